The monoisotopic (exact) mass is 683 g/mol. The van der Waals surface area contributed by atoms with E-state index >= 15 is 0 Å². The van der Waals surface area contributed by atoms with E-state index in [1.54, 1.807) is 0 Å². The largest absolute Gasteiger partial charge is 0.465 e. The van der Waals surface area contributed by atoms with Gasteiger partial charge in [0.15, 0.2) is 5.25 Å². The van der Waals surface area contributed by atoms with Crippen LogP contribution in [0.15, 0.2) is 24.3 Å². The molecule has 1 saturated heterocycles. The summed E-state index contributed by atoms with van der Waals surface area (Å²) in [6.07, 6.45) is 9.67. The fraction of sp³-hybridized carbons (Fsp3) is 0.771. The van der Waals surface area contributed by atoms with Crippen LogP contribution in [0.4, 0.5) is 8.78 Å². The molecular weight excluding hydrogens is 635 g/mol. The number of esters is 1. The van der Waals surface area contributed by atoms with Crippen LogP contribution in [0.5, 0.6) is 0 Å². The second kappa shape index (κ2) is 13.4. The molecule has 4 unspecified atom stereocenters. The number of carbonyl (C=O) groups is 2. The van der Waals surface area contributed by atoms with Gasteiger partial charge in [0.1, 0.15) is 11.5 Å². The number of ether oxygens (including phenoxy) is 2. The Labute approximate surface area is 275 Å². The van der Waals surface area contributed by atoms with Crippen LogP contribution in [-0.4, -0.2) is 66.6 Å². The first kappa shape index (κ1) is 34.3. The summed E-state index contributed by atoms with van der Waals surface area (Å²) in [5.74, 6) is 2.64. The van der Waals surface area contributed by atoms with Crippen molar-refractivity contribution in [2.75, 3.05) is 31.3 Å². The topological polar surface area (TPSA) is 107 Å². The maximum absolute atomic E-state index is 14.2. The van der Waals surface area contributed by atoms with E-state index in [0.717, 1.165) is 81.3 Å². The first-order valence-corrected chi connectivity index (χ1v) is 20.2. The lowest BCUT2D eigenvalue weighted by Gasteiger charge is -2.63. The molecule has 0 spiro atoms. The lowest BCUT2D eigenvalue weighted by atomic mass is 9.42. The Morgan fingerprint density at radius 3 is 2.17 bits per heavy atom. The number of benzene rings is 1. The molecular formula is C35H49F2O7S2+. The second-order valence-corrected chi connectivity index (χ2v) is 19.2. The molecule has 46 heavy (non-hydrogen) atoms. The minimum absolute atomic E-state index is 0.0307. The highest BCUT2D eigenvalue weighted by atomic mass is 32.2. The van der Waals surface area contributed by atoms with Gasteiger partial charge in [-0.2, -0.15) is 17.2 Å². The van der Waals surface area contributed by atoms with Gasteiger partial charge in [0.05, 0.1) is 19.8 Å². The average Bonchev–Trinajstić information content (AvgIpc) is 3.00. The molecule has 5 saturated carbocycles. The predicted molar refractivity (Wildman–Crippen MR) is 173 cm³/mol. The molecule has 0 radical (unpaired) electrons. The minimum Gasteiger partial charge on any atom is -0.460 e. The van der Waals surface area contributed by atoms with Crippen molar-refractivity contribution in [1.82, 2.24) is 0 Å². The van der Waals surface area contributed by atoms with E-state index < -0.39 is 26.8 Å². The van der Waals surface area contributed by atoms with E-state index in [1.165, 1.54) is 5.56 Å². The van der Waals surface area contributed by atoms with Crippen LogP contribution < -0.4 is 0 Å². The van der Waals surface area contributed by atoms with Gasteiger partial charge in [-0.25, -0.2) is 4.79 Å². The third kappa shape index (κ3) is 6.81. The fourth-order valence-electron chi connectivity index (χ4n) is 10.4. The van der Waals surface area contributed by atoms with Gasteiger partial charge in [-0.1, -0.05) is 38.1 Å². The average molecular weight is 684 g/mol. The number of hydrogen-bond donors (Lipinski definition) is 1. The number of ketones is 1. The first-order chi connectivity index (χ1) is 21.8. The Balaban J connectivity index is 1.18. The van der Waals surface area contributed by atoms with Crippen molar-refractivity contribution in [3.05, 3.63) is 35.4 Å². The summed E-state index contributed by atoms with van der Waals surface area (Å²) in [5, 5.41) is -5.01. The van der Waals surface area contributed by atoms with Gasteiger partial charge in [0.2, 0.25) is 5.78 Å². The van der Waals surface area contributed by atoms with Crippen LogP contribution in [0.1, 0.15) is 87.6 Å². The van der Waals surface area contributed by atoms with Gasteiger partial charge in [0.25, 0.3) is 0 Å². The normalized spacial score (nSPS) is 34.0. The highest BCUT2D eigenvalue weighted by Gasteiger charge is 2.61. The van der Waals surface area contributed by atoms with Crippen LogP contribution in [0.2, 0.25) is 0 Å². The van der Waals surface area contributed by atoms with Crippen molar-refractivity contribution < 1.29 is 40.8 Å². The maximum atomic E-state index is 14.2. The summed E-state index contributed by atoms with van der Waals surface area (Å²) in [5.41, 5.74) is 1.59. The molecule has 4 bridgehead atoms. The molecule has 6 fully saturated rings. The van der Waals surface area contributed by atoms with Crippen LogP contribution in [-0.2, 0) is 41.7 Å². The SMILES string of the molecule is CC(C)Cc1ccc(C(=O)C(C2CCC(C3C4CC5CC(C4)CC3(COC(=O)C(F)(F)S(=O)(=O)O)C5)CC2)[S+]2CCOCC2)cc1. The van der Waals surface area contributed by atoms with E-state index in [9.17, 15) is 26.8 Å². The molecule has 1 aromatic carbocycles. The molecule has 6 aliphatic rings. The van der Waals surface area contributed by atoms with Crippen LogP contribution in [0.3, 0.4) is 0 Å². The Hall–Kier alpha value is -1.56. The Kier molecular flexibility index (Phi) is 9.99. The van der Waals surface area contributed by atoms with Gasteiger partial charge >= 0.3 is 21.3 Å². The molecule has 5 aliphatic carbocycles. The predicted octanol–water partition coefficient (Wildman–Crippen LogP) is 6.36. The smallest absolute Gasteiger partial charge is 0.460 e. The van der Waals surface area contributed by atoms with Crippen molar-refractivity contribution in [3.63, 3.8) is 0 Å². The summed E-state index contributed by atoms with van der Waals surface area (Å²) in [6.45, 7) is 5.54. The Bertz CT molecular complexity index is 1350. The summed E-state index contributed by atoms with van der Waals surface area (Å²) >= 11 is 0. The summed E-state index contributed by atoms with van der Waals surface area (Å²) in [7, 11) is -5.96. The zero-order chi connectivity index (χ0) is 32.9. The van der Waals surface area contributed by atoms with E-state index in [1.807, 2.05) is 12.1 Å². The van der Waals surface area contributed by atoms with Crippen LogP contribution >= 0.6 is 0 Å². The number of hydrogen-bond acceptors (Lipinski definition) is 6. The molecule has 0 aromatic heterocycles. The third-order valence-electron chi connectivity index (χ3n) is 11.8. The van der Waals surface area contributed by atoms with Crippen LogP contribution in [0, 0.1) is 46.8 Å². The molecule has 7 rings (SSSR count). The van der Waals surface area contributed by atoms with Gasteiger partial charge in [0, 0.05) is 27.8 Å². The number of alkyl halides is 2. The zero-order valence-corrected chi connectivity index (χ0v) is 28.6. The zero-order valence-electron chi connectivity index (χ0n) is 27.0. The molecule has 1 N–H and O–H groups in total. The quantitative estimate of drug-likeness (QED) is 0.125. The minimum atomic E-state index is -5.91. The van der Waals surface area contributed by atoms with Crippen LogP contribution in [0.25, 0.3) is 0 Å². The molecule has 256 valence electrons. The van der Waals surface area contributed by atoms with E-state index in [2.05, 4.69) is 26.0 Å². The first-order valence-electron chi connectivity index (χ1n) is 17.2. The molecule has 1 aliphatic heterocycles. The van der Waals surface area contributed by atoms with Gasteiger partial charge in [-0.15, -0.1) is 0 Å². The standard InChI is InChI=1S/C35H48F2O7S2/c1-22(2)15-23-3-5-27(6-4-23)31(38)32(45-13-11-43-12-14-45)28-9-7-26(8-10-28)30-29-17-24-16-25(18-29)20-34(30,19-24)21-44-33(39)35(36,37)46(40,41)42/h3-6,22,24-26,28-30,32H,7-21H2,1-2H3/p+1. The van der Waals surface area contributed by atoms with E-state index in [4.69, 9.17) is 14.0 Å². The number of carbonyl (C=O) groups excluding carboxylic acids is 2. The molecule has 7 nitrogen and oxygen atoms in total. The third-order valence-corrected chi connectivity index (χ3v) is 15.3. The van der Waals surface area contributed by atoms with Gasteiger partial charge in [-0.05, 0) is 105 Å². The second-order valence-electron chi connectivity index (χ2n) is 15.4. The van der Waals surface area contributed by atoms with Crippen molar-refractivity contribution in [2.24, 2.45) is 46.8 Å². The molecule has 4 atom stereocenters. The van der Waals surface area contributed by atoms with Crippen molar-refractivity contribution in [3.8, 4) is 0 Å². The van der Waals surface area contributed by atoms with Crippen molar-refractivity contribution in [1.29, 1.82) is 0 Å². The number of rotatable bonds is 11. The Morgan fingerprint density at radius 2 is 1.61 bits per heavy atom. The lowest BCUT2D eigenvalue weighted by Crippen LogP contribution is -2.58. The fourth-order valence-corrected chi connectivity index (χ4v) is 13.3. The highest BCUT2D eigenvalue weighted by molar-refractivity contribution is 7.98. The molecule has 1 heterocycles. The Morgan fingerprint density at radius 1 is 1.00 bits per heavy atom. The lowest BCUT2D eigenvalue weighted by molar-refractivity contribution is -0.188. The molecule has 11 heteroatoms. The molecule has 1 aromatic rings. The number of Topliss-reactive ketones (excluding diaryl/α,β-unsaturated/α-hetero) is 1. The number of halogens is 2. The summed E-state index contributed by atoms with van der Waals surface area (Å²) in [6, 6.07) is 8.21. The van der Waals surface area contributed by atoms with Gasteiger partial charge < -0.3 is 9.47 Å². The maximum Gasteiger partial charge on any atom is 0.465 e. The summed E-state index contributed by atoms with van der Waals surface area (Å²) < 4.78 is 70.4. The van der Waals surface area contributed by atoms with Crippen molar-refractivity contribution in [2.45, 2.75) is 88.6 Å². The summed E-state index contributed by atoms with van der Waals surface area (Å²) in [4.78, 5) is 26.5. The molecule has 0 amide bonds. The highest BCUT2D eigenvalue weighted by Crippen LogP contribution is 2.66. The van der Waals surface area contributed by atoms with Gasteiger partial charge in [-0.3, -0.25) is 9.35 Å². The van der Waals surface area contributed by atoms with Crippen molar-refractivity contribution >= 4 is 32.8 Å². The van der Waals surface area contributed by atoms with E-state index in [-0.39, 0.29) is 40.4 Å². The van der Waals surface area contributed by atoms with E-state index in [0.29, 0.717) is 42.8 Å².